The number of rotatable bonds is 4. The molecule has 15 heavy (non-hydrogen) atoms. The fraction of sp³-hybridized carbons (Fsp3) is 1.00. The maximum atomic E-state index is 3.54. The zero-order valence-corrected chi connectivity index (χ0v) is 11.7. The quantitative estimate of drug-likeness (QED) is 0.818. The smallest absolute Gasteiger partial charge is 0.0294 e. The highest BCUT2D eigenvalue weighted by Gasteiger charge is 2.33. The van der Waals surface area contributed by atoms with Crippen molar-refractivity contribution >= 4 is 23.5 Å². The van der Waals surface area contributed by atoms with Gasteiger partial charge in [-0.2, -0.15) is 23.5 Å². The lowest BCUT2D eigenvalue weighted by atomic mass is 10.1. The highest BCUT2D eigenvalue weighted by atomic mass is 32.2. The van der Waals surface area contributed by atoms with E-state index in [9.17, 15) is 0 Å². The summed E-state index contributed by atoms with van der Waals surface area (Å²) in [6, 6.07) is 0.755. The lowest BCUT2D eigenvalue weighted by molar-refractivity contribution is 0.490. The minimum absolute atomic E-state index is 0.755. The van der Waals surface area contributed by atoms with Gasteiger partial charge < -0.3 is 5.32 Å². The second-order valence-corrected chi connectivity index (χ2v) is 8.02. The Hall–Kier alpha value is 0.660. The largest absolute Gasteiger partial charge is 0.316 e. The van der Waals surface area contributed by atoms with Crippen LogP contribution in [-0.4, -0.2) is 34.6 Å². The molecule has 0 spiro atoms. The van der Waals surface area contributed by atoms with Crippen LogP contribution in [-0.2, 0) is 0 Å². The van der Waals surface area contributed by atoms with E-state index in [-0.39, 0.29) is 0 Å². The molecule has 1 saturated heterocycles. The summed E-state index contributed by atoms with van der Waals surface area (Å²) >= 11 is 4.38. The Morgan fingerprint density at radius 2 is 2.00 bits per heavy atom. The Bertz CT molecular complexity index is 206. The van der Waals surface area contributed by atoms with Crippen molar-refractivity contribution in [2.75, 3.05) is 12.8 Å². The van der Waals surface area contributed by atoms with E-state index in [1.165, 1.54) is 25.0 Å². The van der Waals surface area contributed by atoms with Gasteiger partial charge in [0.1, 0.15) is 0 Å². The van der Waals surface area contributed by atoms with Gasteiger partial charge in [-0.1, -0.05) is 26.7 Å². The van der Waals surface area contributed by atoms with E-state index in [2.05, 4.69) is 49.7 Å². The number of nitrogens with one attached hydrogen (secondary N) is 1. The van der Waals surface area contributed by atoms with Crippen molar-refractivity contribution in [1.82, 2.24) is 5.32 Å². The summed E-state index contributed by atoms with van der Waals surface area (Å²) < 4.78 is 0. The van der Waals surface area contributed by atoms with Gasteiger partial charge in [-0.15, -0.1) is 0 Å². The van der Waals surface area contributed by atoms with Crippen molar-refractivity contribution in [3.8, 4) is 0 Å². The maximum absolute atomic E-state index is 3.54. The number of thioether (sulfide) groups is 2. The van der Waals surface area contributed by atoms with Crippen molar-refractivity contribution in [3.05, 3.63) is 0 Å². The first-order valence-electron chi connectivity index (χ1n) is 6.15. The molecule has 0 radical (unpaired) electrons. The van der Waals surface area contributed by atoms with E-state index < -0.39 is 0 Å². The third-order valence-corrected chi connectivity index (χ3v) is 7.23. The van der Waals surface area contributed by atoms with E-state index in [1.807, 2.05) is 0 Å². The molecule has 1 aliphatic heterocycles. The lowest BCUT2D eigenvalue weighted by Crippen LogP contribution is -2.42. The van der Waals surface area contributed by atoms with Crippen LogP contribution in [0.15, 0.2) is 0 Å². The van der Waals surface area contributed by atoms with Crippen molar-refractivity contribution < 1.29 is 0 Å². The van der Waals surface area contributed by atoms with E-state index in [4.69, 9.17) is 0 Å². The Balaban J connectivity index is 1.84. The Kier molecular flexibility index (Phi) is 4.31. The summed E-state index contributed by atoms with van der Waals surface area (Å²) in [6.07, 6.45) is 4.37. The topological polar surface area (TPSA) is 12.0 Å². The SMILES string of the molecule is CNC(CC1CC1)C1CSC(C)C(C)S1. The molecule has 2 aliphatic rings. The molecule has 0 bridgehead atoms. The van der Waals surface area contributed by atoms with Gasteiger partial charge in [-0.3, -0.25) is 0 Å². The van der Waals surface area contributed by atoms with Crippen molar-refractivity contribution in [2.45, 2.75) is 54.9 Å². The first-order chi connectivity index (χ1) is 7.20. The van der Waals surface area contributed by atoms with Crippen molar-refractivity contribution in [2.24, 2.45) is 5.92 Å². The zero-order valence-electron chi connectivity index (χ0n) is 10.0. The van der Waals surface area contributed by atoms with Gasteiger partial charge in [-0.05, 0) is 19.4 Å². The minimum Gasteiger partial charge on any atom is -0.316 e. The molecule has 0 aromatic rings. The molecule has 1 N–H and O–H groups in total. The number of hydrogen-bond acceptors (Lipinski definition) is 3. The maximum Gasteiger partial charge on any atom is 0.0294 e. The molecule has 4 atom stereocenters. The molecule has 1 heterocycles. The first kappa shape index (κ1) is 12.1. The van der Waals surface area contributed by atoms with Gasteiger partial charge in [0.25, 0.3) is 0 Å². The van der Waals surface area contributed by atoms with Gasteiger partial charge in [-0.25, -0.2) is 0 Å². The summed E-state index contributed by atoms with van der Waals surface area (Å²) in [5.41, 5.74) is 0. The van der Waals surface area contributed by atoms with Crippen LogP contribution in [0.5, 0.6) is 0 Å². The van der Waals surface area contributed by atoms with Crippen LogP contribution in [0.3, 0.4) is 0 Å². The predicted octanol–water partition coefficient (Wildman–Crippen LogP) is 3.00. The van der Waals surface area contributed by atoms with Crippen LogP contribution in [0.4, 0.5) is 0 Å². The molecule has 2 fully saturated rings. The summed E-state index contributed by atoms with van der Waals surface area (Å²) in [6.45, 7) is 4.76. The monoisotopic (exact) mass is 245 g/mol. The van der Waals surface area contributed by atoms with Gasteiger partial charge >= 0.3 is 0 Å². The van der Waals surface area contributed by atoms with Crippen LogP contribution >= 0.6 is 23.5 Å². The van der Waals surface area contributed by atoms with Crippen LogP contribution in [0.25, 0.3) is 0 Å². The molecule has 0 amide bonds. The molecule has 3 heteroatoms. The fourth-order valence-electron chi connectivity index (χ4n) is 2.19. The molecule has 1 saturated carbocycles. The van der Waals surface area contributed by atoms with E-state index in [0.29, 0.717) is 0 Å². The molecule has 1 aliphatic carbocycles. The van der Waals surface area contributed by atoms with Crippen LogP contribution in [0.1, 0.15) is 33.1 Å². The number of hydrogen-bond donors (Lipinski definition) is 1. The van der Waals surface area contributed by atoms with E-state index in [1.54, 1.807) is 0 Å². The van der Waals surface area contributed by atoms with Crippen molar-refractivity contribution in [3.63, 3.8) is 0 Å². The summed E-state index contributed by atoms with van der Waals surface area (Å²) in [5, 5.41) is 6.04. The summed E-state index contributed by atoms with van der Waals surface area (Å²) in [4.78, 5) is 0. The molecular weight excluding hydrogens is 222 g/mol. The van der Waals surface area contributed by atoms with Gasteiger partial charge in [0, 0.05) is 27.5 Å². The molecular formula is C12H23NS2. The average Bonchev–Trinajstić information content (AvgIpc) is 3.02. The molecule has 0 aromatic heterocycles. The predicted molar refractivity (Wildman–Crippen MR) is 72.9 cm³/mol. The third-order valence-electron chi connectivity index (χ3n) is 3.68. The zero-order chi connectivity index (χ0) is 10.8. The second-order valence-electron chi connectivity index (χ2n) is 4.99. The lowest BCUT2D eigenvalue weighted by Gasteiger charge is -2.36. The third kappa shape index (κ3) is 3.31. The highest BCUT2D eigenvalue weighted by Crippen LogP contribution is 2.41. The molecule has 88 valence electrons. The van der Waals surface area contributed by atoms with Crippen LogP contribution in [0.2, 0.25) is 0 Å². The minimum atomic E-state index is 0.755. The van der Waals surface area contributed by atoms with Crippen LogP contribution in [0, 0.1) is 5.92 Å². The normalized spacial score (nSPS) is 39.0. The fourth-order valence-corrected chi connectivity index (χ4v) is 5.37. The molecule has 2 rings (SSSR count). The van der Waals surface area contributed by atoms with E-state index in [0.717, 1.165) is 27.7 Å². The summed E-state index contributed by atoms with van der Waals surface area (Å²) in [5.74, 6) is 2.39. The molecule has 4 unspecified atom stereocenters. The van der Waals surface area contributed by atoms with E-state index >= 15 is 0 Å². The van der Waals surface area contributed by atoms with Gasteiger partial charge in [0.15, 0.2) is 0 Å². The molecule has 0 aromatic carbocycles. The average molecular weight is 245 g/mol. The first-order valence-corrected chi connectivity index (χ1v) is 8.14. The standard InChI is InChI=1S/C12H23NS2/c1-8-9(2)15-12(7-14-8)11(13-3)6-10-4-5-10/h8-13H,4-7H2,1-3H3. The Labute approximate surface area is 103 Å². The second kappa shape index (κ2) is 5.33. The summed E-state index contributed by atoms with van der Waals surface area (Å²) in [7, 11) is 2.14. The Morgan fingerprint density at radius 1 is 1.27 bits per heavy atom. The van der Waals surface area contributed by atoms with Crippen LogP contribution < -0.4 is 5.32 Å². The van der Waals surface area contributed by atoms with Gasteiger partial charge in [0.05, 0.1) is 0 Å². The molecule has 1 nitrogen and oxygen atoms in total. The van der Waals surface area contributed by atoms with Gasteiger partial charge in [0.2, 0.25) is 0 Å². The Morgan fingerprint density at radius 3 is 2.53 bits per heavy atom. The highest BCUT2D eigenvalue weighted by molar-refractivity contribution is 8.07. The van der Waals surface area contributed by atoms with Crippen molar-refractivity contribution in [1.29, 1.82) is 0 Å².